The van der Waals surface area contributed by atoms with Crippen molar-refractivity contribution >= 4 is 40.0 Å². The zero-order valence-electron chi connectivity index (χ0n) is 19.7. The van der Waals surface area contributed by atoms with E-state index in [2.05, 4.69) is 20.5 Å². The van der Waals surface area contributed by atoms with Crippen LogP contribution in [0.2, 0.25) is 0 Å². The first-order valence-corrected chi connectivity index (χ1v) is 13.5. The van der Waals surface area contributed by atoms with Crippen LogP contribution < -0.4 is 5.32 Å². The van der Waals surface area contributed by atoms with Crippen molar-refractivity contribution in [3.63, 3.8) is 0 Å². The molecule has 4 aromatic heterocycles. The molecule has 4 heterocycles. The van der Waals surface area contributed by atoms with E-state index in [4.69, 9.17) is 9.15 Å². The molecular weight excluding hydrogens is 498 g/mol. The number of fused-ring (bicyclic) bond motifs is 1. The second kappa shape index (κ2) is 11.1. The third kappa shape index (κ3) is 5.21. The molecule has 36 heavy (non-hydrogen) atoms. The highest BCUT2D eigenvalue weighted by Gasteiger charge is 2.27. The number of nitrogens with one attached hydrogen (secondary N) is 1. The third-order valence-corrected chi connectivity index (χ3v) is 7.96. The zero-order chi connectivity index (χ0) is 24.9. The predicted octanol–water partition coefficient (Wildman–Crippen LogP) is 4.83. The summed E-state index contributed by atoms with van der Waals surface area (Å²) < 4.78 is 12.7. The molecule has 1 aliphatic carbocycles. The molecule has 0 saturated heterocycles. The average Bonchev–Trinajstić information content (AvgIpc) is 3.62. The van der Waals surface area contributed by atoms with Gasteiger partial charge in [-0.05, 0) is 62.4 Å². The molecule has 1 amide bonds. The lowest BCUT2D eigenvalue weighted by Crippen LogP contribution is -2.17. The van der Waals surface area contributed by atoms with Crippen LogP contribution in [0, 0.1) is 0 Å². The van der Waals surface area contributed by atoms with Crippen LogP contribution in [0.5, 0.6) is 0 Å². The van der Waals surface area contributed by atoms with Gasteiger partial charge in [0.15, 0.2) is 11.0 Å². The number of carbonyl (C=O) groups excluding carboxylic acids is 2. The van der Waals surface area contributed by atoms with Gasteiger partial charge in [-0.3, -0.25) is 14.3 Å². The number of carbonyl (C=O) groups is 2. The molecule has 0 aromatic carbocycles. The van der Waals surface area contributed by atoms with Gasteiger partial charge in [-0.1, -0.05) is 11.8 Å². The second-order valence-electron chi connectivity index (χ2n) is 8.18. The van der Waals surface area contributed by atoms with Crippen molar-refractivity contribution in [3.05, 3.63) is 64.7 Å². The van der Waals surface area contributed by atoms with Crippen LogP contribution in [-0.4, -0.2) is 44.0 Å². The Kier molecular flexibility index (Phi) is 7.47. The Morgan fingerprint density at radius 1 is 1.19 bits per heavy atom. The summed E-state index contributed by atoms with van der Waals surface area (Å²) in [5.74, 6) is 0.923. The summed E-state index contributed by atoms with van der Waals surface area (Å²) >= 11 is 2.76. The Labute approximate surface area is 216 Å². The Bertz CT molecular complexity index is 1350. The van der Waals surface area contributed by atoms with E-state index >= 15 is 0 Å². The molecule has 0 bridgehead atoms. The molecule has 0 unspecified atom stereocenters. The SMILES string of the molecule is CCOC(=O)c1c(NC(=O)CSc2nnc(-c3ccncc3)n2Cc2ccco2)sc2c1CCCC2. The van der Waals surface area contributed by atoms with E-state index in [0.29, 0.717) is 28.1 Å². The van der Waals surface area contributed by atoms with Crippen LogP contribution >= 0.6 is 23.1 Å². The van der Waals surface area contributed by atoms with Gasteiger partial charge in [0.2, 0.25) is 5.91 Å². The summed E-state index contributed by atoms with van der Waals surface area (Å²) in [7, 11) is 0. The number of esters is 1. The number of rotatable bonds is 9. The largest absolute Gasteiger partial charge is 0.467 e. The summed E-state index contributed by atoms with van der Waals surface area (Å²) in [5.41, 5.74) is 2.40. The normalized spacial score (nSPS) is 12.8. The number of ether oxygens (including phenoxy) is 1. The molecular formula is C25H25N5O4S2. The molecule has 5 rings (SSSR count). The first kappa shape index (κ1) is 24.3. The number of furan rings is 1. The molecule has 1 aliphatic rings. The van der Waals surface area contributed by atoms with Gasteiger partial charge in [0, 0.05) is 22.8 Å². The number of aromatic nitrogens is 4. The number of hydrogen-bond donors (Lipinski definition) is 1. The molecule has 0 radical (unpaired) electrons. The second-order valence-corrected chi connectivity index (χ2v) is 10.2. The van der Waals surface area contributed by atoms with E-state index in [9.17, 15) is 9.59 Å². The highest BCUT2D eigenvalue weighted by molar-refractivity contribution is 7.99. The molecule has 186 valence electrons. The lowest BCUT2D eigenvalue weighted by molar-refractivity contribution is -0.113. The standard InChI is InChI=1S/C25H25N5O4S2/c1-2-33-24(32)21-18-7-3-4-8-19(18)36-23(21)27-20(31)15-35-25-29-28-22(16-9-11-26-12-10-16)30(25)14-17-6-5-13-34-17/h5-6,9-13H,2-4,7-8,14-15H2,1H3,(H,27,31). The smallest absolute Gasteiger partial charge is 0.341 e. The number of aryl methyl sites for hydroxylation is 1. The van der Waals surface area contributed by atoms with Crippen LogP contribution in [0.25, 0.3) is 11.4 Å². The Balaban J connectivity index is 1.34. The summed E-state index contributed by atoms with van der Waals surface area (Å²) in [4.78, 5) is 30.9. The van der Waals surface area contributed by atoms with Crippen molar-refractivity contribution in [2.75, 3.05) is 17.7 Å². The summed E-state index contributed by atoms with van der Waals surface area (Å²) in [5, 5.41) is 12.8. The molecule has 0 spiro atoms. The topological polar surface area (TPSA) is 112 Å². The highest BCUT2D eigenvalue weighted by atomic mass is 32.2. The number of anilines is 1. The van der Waals surface area contributed by atoms with Gasteiger partial charge in [0.05, 0.1) is 30.7 Å². The first-order valence-electron chi connectivity index (χ1n) is 11.7. The molecule has 0 aliphatic heterocycles. The number of pyridine rings is 1. The van der Waals surface area contributed by atoms with Crippen LogP contribution in [0.3, 0.4) is 0 Å². The number of nitrogens with zero attached hydrogens (tertiary/aromatic N) is 4. The molecule has 0 atom stereocenters. The van der Waals surface area contributed by atoms with Gasteiger partial charge in [-0.2, -0.15) is 0 Å². The Morgan fingerprint density at radius 2 is 2.03 bits per heavy atom. The van der Waals surface area contributed by atoms with Crippen molar-refractivity contribution < 1.29 is 18.7 Å². The van der Waals surface area contributed by atoms with Crippen molar-refractivity contribution in [3.8, 4) is 11.4 Å². The van der Waals surface area contributed by atoms with Gasteiger partial charge in [-0.15, -0.1) is 21.5 Å². The van der Waals surface area contributed by atoms with Gasteiger partial charge in [-0.25, -0.2) is 4.79 Å². The molecule has 4 aromatic rings. The molecule has 11 heteroatoms. The zero-order valence-corrected chi connectivity index (χ0v) is 21.4. The maximum Gasteiger partial charge on any atom is 0.341 e. The van der Waals surface area contributed by atoms with Crippen molar-refractivity contribution in [1.29, 1.82) is 0 Å². The van der Waals surface area contributed by atoms with Gasteiger partial charge >= 0.3 is 5.97 Å². The molecule has 9 nitrogen and oxygen atoms in total. The van der Waals surface area contributed by atoms with Crippen molar-refractivity contribution in [2.45, 2.75) is 44.3 Å². The highest BCUT2D eigenvalue weighted by Crippen LogP contribution is 2.38. The van der Waals surface area contributed by atoms with Crippen LogP contribution in [0.15, 0.2) is 52.5 Å². The summed E-state index contributed by atoms with van der Waals surface area (Å²) in [6, 6.07) is 7.43. The van der Waals surface area contributed by atoms with Gasteiger partial charge < -0.3 is 14.5 Å². The minimum Gasteiger partial charge on any atom is -0.467 e. The fourth-order valence-electron chi connectivity index (χ4n) is 4.18. The molecule has 0 fully saturated rings. The Hall–Kier alpha value is -3.44. The van der Waals surface area contributed by atoms with Crippen molar-refractivity contribution in [2.24, 2.45) is 0 Å². The predicted molar refractivity (Wildman–Crippen MR) is 137 cm³/mol. The van der Waals surface area contributed by atoms with Crippen LogP contribution in [0.1, 0.15) is 46.3 Å². The summed E-state index contributed by atoms with van der Waals surface area (Å²) in [6.07, 6.45) is 8.89. The van der Waals surface area contributed by atoms with Gasteiger partial charge in [0.1, 0.15) is 10.8 Å². The Morgan fingerprint density at radius 3 is 2.81 bits per heavy atom. The van der Waals surface area contributed by atoms with E-state index in [1.54, 1.807) is 25.6 Å². The van der Waals surface area contributed by atoms with Gasteiger partial charge in [0.25, 0.3) is 0 Å². The maximum absolute atomic E-state index is 13.0. The number of thiophene rings is 1. The molecule has 0 saturated carbocycles. The maximum atomic E-state index is 13.0. The first-order chi connectivity index (χ1) is 17.6. The third-order valence-electron chi connectivity index (χ3n) is 5.79. The number of amides is 1. The average molecular weight is 524 g/mol. The number of hydrogen-bond acceptors (Lipinski definition) is 9. The van der Waals surface area contributed by atoms with Crippen LogP contribution in [0.4, 0.5) is 5.00 Å². The lowest BCUT2D eigenvalue weighted by Gasteiger charge is -2.12. The van der Waals surface area contributed by atoms with E-state index in [1.165, 1.54) is 23.1 Å². The lowest BCUT2D eigenvalue weighted by atomic mass is 9.95. The number of thioether (sulfide) groups is 1. The van der Waals surface area contributed by atoms with Crippen molar-refractivity contribution in [1.82, 2.24) is 19.7 Å². The summed E-state index contributed by atoms with van der Waals surface area (Å²) in [6.45, 7) is 2.49. The fraction of sp³-hybridized carbons (Fsp3) is 0.320. The van der Waals surface area contributed by atoms with E-state index in [-0.39, 0.29) is 24.2 Å². The van der Waals surface area contributed by atoms with E-state index in [1.807, 2.05) is 28.8 Å². The minimum atomic E-state index is -0.375. The monoisotopic (exact) mass is 523 g/mol. The minimum absolute atomic E-state index is 0.109. The van der Waals surface area contributed by atoms with Crippen LogP contribution in [-0.2, 0) is 28.9 Å². The molecule has 1 N–H and O–H groups in total. The van der Waals surface area contributed by atoms with E-state index in [0.717, 1.165) is 47.4 Å². The quantitative estimate of drug-likeness (QED) is 0.245. The fourth-order valence-corrected chi connectivity index (χ4v) is 6.21. The van der Waals surface area contributed by atoms with E-state index < -0.39 is 0 Å².